The minimum Gasteiger partial charge on any atom is -0.360 e. The number of rotatable bonds is 2. The number of hydrogen-bond acceptors (Lipinski definition) is 2. The van der Waals surface area contributed by atoms with Crippen molar-refractivity contribution in [3.05, 3.63) is 0 Å². The molecule has 0 aromatic carbocycles. The maximum absolute atomic E-state index is 5.57. The summed E-state index contributed by atoms with van der Waals surface area (Å²) in [5.74, 6) is 0. The molecule has 1 saturated carbocycles. The predicted molar refractivity (Wildman–Crippen MR) is 80.9 cm³/mol. The van der Waals surface area contributed by atoms with Gasteiger partial charge >= 0.3 is 0 Å². The minimum absolute atomic E-state index is 0.590. The second kappa shape index (κ2) is 6.71. The lowest BCUT2D eigenvalue weighted by molar-refractivity contribution is 0.180. The van der Waals surface area contributed by atoms with Gasteiger partial charge < -0.3 is 15.1 Å². The normalized spacial score (nSPS) is 26.9. The lowest BCUT2D eigenvalue weighted by atomic mass is 9.96. The summed E-state index contributed by atoms with van der Waals surface area (Å²) in [5, 5.41) is 4.53. The molecule has 1 saturated heterocycles. The summed E-state index contributed by atoms with van der Waals surface area (Å²) in [6.07, 6.45) is 9.25. The summed E-state index contributed by atoms with van der Waals surface area (Å²) in [5.41, 5.74) is 0. The van der Waals surface area contributed by atoms with Gasteiger partial charge in [0, 0.05) is 25.7 Å². The molecule has 2 fully saturated rings. The molecule has 4 heteroatoms. The van der Waals surface area contributed by atoms with Gasteiger partial charge in [0.1, 0.15) is 0 Å². The molecule has 1 aliphatic carbocycles. The molecule has 1 aliphatic heterocycles. The predicted octanol–water partition coefficient (Wildman–Crippen LogP) is 2.22. The Balaban J connectivity index is 1.79. The van der Waals surface area contributed by atoms with Crippen LogP contribution in [0.2, 0.25) is 0 Å². The van der Waals surface area contributed by atoms with E-state index in [1.165, 1.54) is 51.5 Å². The molecule has 0 aromatic rings. The molecule has 0 radical (unpaired) electrons. The van der Waals surface area contributed by atoms with Gasteiger partial charge in [-0.25, -0.2) is 0 Å². The fraction of sp³-hybridized carbons (Fsp3) is 0.929. The zero-order chi connectivity index (χ0) is 13.0. The van der Waals surface area contributed by atoms with Crippen LogP contribution in [0.1, 0.15) is 44.9 Å². The van der Waals surface area contributed by atoms with Crippen molar-refractivity contribution >= 4 is 17.3 Å². The van der Waals surface area contributed by atoms with Crippen molar-refractivity contribution in [1.82, 2.24) is 15.1 Å². The smallest absolute Gasteiger partial charge is 0.169 e. The van der Waals surface area contributed by atoms with E-state index in [2.05, 4.69) is 29.2 Å². The summed E-state index contributed by atoms with van der Waals surface area (Å²) < 4.78 is 0. The molecular weight excluding hydrogens is 242 g/mol. The Kier molecular flexibility index (Phi) is 5.25. The van der Waals surface area contributed by atoms with Crippen molar-refractivity contribution in [2.75, 3.05) is 27.2 Å². The van der Waals surface area contributed by atoms with Gasteiger partial charge in [0.05, 0.1) is 0 Å². The van der Waals surface area contributed by atoms with Crippen molar-refractivity contribution in [1.29, 1.82) is 0 Å². The molecule has 0 bridgehead atoms. The van der Waals surface area contributed by atoms with Crippen LogP contribution in [0.15, 0.2) is 0 Å². The Morgan fingerprint density at radius 3 is 2.56 bits per heavy atom. The summed E-state index contributed by atoms with van der Waals surface area (Å²) in [4.78, 5) is 4.70. The summed E-state index contributed by atoms with van der Waals surface area (Å²) >= 11 is 5.57. The first kappa shape index (κ1) is 14.1. The largest absolute Gasteiger partial charge is 0.360 e. The Morgan fingerprint density at radius 2 is 1.89 bits per heavy atom. The summed E-state index contributed by atoms with van der Waals surface area (Å²) in [6.45, 7) is 2.37. The second-order valence-electron chi connectivity index (χ2n) is 5.95. The third-order valence-corrected chi connectivity index (χ3v) is 4.81. The first-order valence-corrected chi connectivity index (χ1v) is 7.79. The van der Waals surface area contributed by atoms with Crippen molar-refractivity contribution in [2.45, 2.75) is 57.0 Å². The van der Waals surface area contributed by atoms with E-state index in [1.807, 2.05) is 0 Å². The number of nitrogens with zero attached hydrogens (tertiary/aromatic N) is 2. The molecule has 2 aliphatic rings. The average Bonchev–Trinajstić information content (AvgIpc) is 2.39. The summed E-state index contributed by atoms with van der Waals surface area (Å²) in [6, 6.07) is 1.21. The van der Waals surface area contributed by atoms with E-state index in [-0.39, 0.29) is 0 Å². The molecule has 1 N–H and O–H groups in total. The molecule has 0 spiro atoms. The van der Waals surface area contributed by atoms with Crippen molar-refractivity contribution < 1.29 is 0 Å². The van der Waals surface area contributed by atoms with Gasteiger partial charge in [-0.1, -0.05) is 19.3 Å². The third-order valence-electron chi connectivity index (χ3n) is 4.40. The van der Waals surface area contributed by atoms with Crippen LogP contribution >= 0.6 is 12.2 Å². The molecule has 0 amide bonds. The fourth-order valence-corrected chi connectivity index (χ4v) is 3.46. The molecule has 18 heavy (non-hydrogen) atoms. The van der Waals surface area contributed by atoms with E-state index in [1.54, 1.807) is 0 Å². The van der Waals surface area contributed by atoms with Crippen LogP contribution in [0.5, 0.6) is 0 Å². The number of piperidine rings is 1. The van der Waals surface area contributed by atoms with E-state index in [4.69, 9.17) is 12.2 Å². The highest BCUT2D eigenvalue weighted by atomic mass is 32.1. The second-order valence-corrected chi connectivity index (χ2v) is 6.34. The zero-order valence-electron chi connectivity index (χ0n) is 11.8. The van der Waals surface area contributed by atoms with E-state index in [9.17, 15) is 0 Å². The lowest BCUT2D eigenvalue weighted by Crippen LogP contribution is -2.52. The van der Waals surface area contributed by atoms with Crippen molar-refractivity contribution in [3.8, 4) is 0 Å². The van der Waals surface area contributed by atoms with Crippen LogP contribution in [-0.2, 0) is 0 Å². The van der Waals surface area contributed by atoms with Gasteiger partial charge in [0.15, 0.2) is 5.11 Å². The Hall–Kier alpha value is -0.350. The van der Waals surface area contributed by atoms with Crippen LogP contribution in [0.25, 0.3) is 0 Å². The standard InChI is InChI=1S/C14H27N3S/c1-16-10-6-9-13(11-16)17(2)14(18)15-12-7-4-3-5-8-12/h12-13H,3-11H2,1-2H3,(H,15,18). The molecule has 1 atom stereocenters. The van der Waals surface area contributed by atoms with Crippen LogP contribution in [-0.4, -0.2) is 54.2 Å². The summed E-state index contributed by atoms with van der Waals surface area (Å²) in [7, 11) is 4.36. The van der Waals surface area contributed by atoms with E-state index in [0.29, 0.717) is 12.1 Å². The average molecular weight is 269 g/mol. The maximum Gasteiger partial charge on any atom is 0.169 e. The van der Waals surface area contributed by atoms with Crippen LogP contribution in [0, 0.1) is 0 Å². The first-order chi connectivity index (χ1) is 8.66. The highest BCUT2D eigenvalue weighted by Crippen LogP contribution is 2.18. The molecule has 2 rings (SSSR count). The third kappa shape index (κ3) is 3.82. The SMILES string of the molecule is CN1CCCC(N(C)C(=S)NC2CCCCC2)C1. The van der Waals surface area contributed by atoms with E-state index in [0.717, 1.165) is 11.7 Å². The van der Waals surface area contributed by atoms with Crippen molar-refractivity contribution in [2.24, 2.45) is 0 Å². The Morgan fingerprint density at radius 1 is 1.17 bits per heavy atom. The highest BCUT2D eigenvalue weighted by Gasteiger charge is 2.24. The van der Waals surface area contributed by atoms with E-state index < -0.39 is 0 Å². The minimum atomic E-state index is 0.590. The van der Waals surface area contributed by atoms with Gasteiger partial charge in [-0.2, -0.15) is 0 Å². The van der Waals surface area contributed by atoms with Crippen molar-refractivity contribution in [3.63, 3.8) is 0 Å². The van der Waals surface area contributed by atoms with Crippen LogP contribution < -0.4 is 5.32 Å². The monoisotopic (exact) mass is 269 g/mol. The first-order valence-electron chi connectivity index (χ1n) is 7.38. The van der Waals surface area contributed by atoms with Gasteiger partial charge in [0.2, 0.25) is 0 Å². The molecule has 1 heterocycles. The van der Waals surface area contributed by atoms with Gasteiger partial charge in [0.25, 0.3) is 0 Å². The zero-order valence-corrected chi connectivity index (χ0v) is 12.6. The fourth-order valence-electron chi connectivity index (χ4n) is 3.14. The molecule has 1 unspecified atom stereocenters. The van der Waals surface area contributed by atoms with Crippen LogP contribution in [0.3, 0.4) is 0 Å². The number of nitrogens with one attached hydrogen (secondary N) is 1. The van der Waals surface area contributed by atoms with Gasteiger partial charge in [-0.3, -0.25) is 0 Å². The topological polar surface area (TPSA) is 18.5 Å². The lowest BCUT2D eigenvalue weighted by Gasteiger charge is -2.38. The van der Waals surface area contributed by atoms with Crippen LogP contribution in [0.4, 0.5) is 0 Å². The molecule has 0 aromatic heterocycles. The quantitative estimate of drug-likeness (QED) is 0.775. The van der Waals surface area contributed by atoms with Gasteiger partial charge in [-0.05, 0) is 51.5 Å². The Bertz CT molecular complexity index is 276. The maximum atomic E-state index is 5.57. The molecule has 3 nitrogen and oxygen atoms in total. The number of hydrogen-bond donors (Lipinski definition) is 1. The number of likely N-dealkylation sites (N-methyl/N-ethyl adjacent to an activating group) is 2. The van der Waals surface area contributed by atoms with Gasteiger partial charge in [-0.15, -0.1) is 0 Å². The van der Waals surface area contributed by atoms with E-state index >= 15 is 0 Å². The highest BCUT2D eigenvalue weighted by molar-refractivity contribution is 7.80. The Labute approximate surface area is 117 Å². The molecular formula is C14H27N3S. The molecule has 104 valence electrons. The number of likely N-dealkylation sites (tertiary alicyclic amines) is 1. The number of thiocarbonyl (C=S) groups is 1.